The van der Waals surface area contributed by atoms with Crippen molar-refractivity contribution < 1.29 is 18.3 Å². The molecule has 0 aliphatic heterocycles. The molecule has 0 spiro atoms. The van der Waals surface area contributed by atoms with Crippen molar-refractivity contribution >= 4 is 11.8 Å². The van der Waals surface area contributed by atoms with Crippen LogP contribution in [0.1, 0.15) is 52.5 Å². The zero-order valence-corrected chi connectivity index (χ0v) is 13.4. The quantitative estimate of drug-likeness (QED) is 0.903. The molecule has 8 heteroatoms. The Balaban J connectivity index is 2.13. The van der Waals surface area contributed by atoms with Gasteiger partial charge in [0.1, 0.15) is 11.3 Å². The van der Waals surface area contributed by atoms with Crippen LogP contribution in [0, 0.1) is 0 Å². The molecule has 6 nitrogen and oxygen atoms in total. The molecule has 0 saturated heterocycles. The molecule has 128 valence electrons. The Kier molecular flexibility index (Phi) is 4.72. The first-order chi connectivity index (χ1) is 10.6. The van der Waals surface area contributed by atoms with Gasteiger partial charge in [0.25, 0.3) is 5.56 Å². The average Bonchev–Trinajstić information content (AvgIpc) is 2.39. The number of rotatable bonds is 2. The van der Waals surface area contributed by atoms with Gasteiger partial charge >= 0.3 is 6.09 Å². The van der Waals surface area contributed by atoms with Crippen LogP contribution < -0.4 is 10.9 Å². The number of nitrogens with zero attached hydrogens (tertiary/aromatic N) is 2. The Labute approximate surface area is 132 Å². The van der Waals surface area contributed by atoms with Gasteiger partial charge in [0.15, 0.2) is 0 Å². The molecular weight excluding hydrogens is 308 g/mol. The molecule has 1 heterocycles. The second kappa shape index (κ2) is 6.25. The van der Waals surface area contributed by atoms with Crippen molar-refractivity contribution in [3.8, 4) is 0 Å². The lowest BCUT2D eigenvalue weighted by molar-refractivity contribution is -0.0443. The predicted molar refractivity (Wildman–Crippen MR) is 80.8 cm³/mol. The maximum atomic E-state index is 13.2. The van der Waals surface area contributed by atoms with Crippen LogP contribution in [0.4, 0.5) is 19.3 Å². The van der Waals surface area contributed by atoms with Crippen LogP contribution >= 0.6 is 0 Å². The fourth-order valence-corrected chi connectivity index (χ4v) is 2.49. The van der Waals surface area contributed by atoms with Crippen LogP contribution in [-0.4, -0.2) is 27.2 Å². The van der Waals surface area contributed by atoms with E-state index in [4.69, 9.17) is 4.74 Å². The molecule has 1 N–H and O–H groups in total. The van der Waals surface area contributed by atoms with Crippen LogP contribution in [0.3, 0.4) is 0 Å². The third kappa shape index (κ3) is 4.74. The number of alkyl halides is 2. The Morgan fingerprint density at radius 2 is 2.00 bits per heavy atom. The van der Waals surface area contributed by atoms with Gasteiger partial charge in [-0.15, -0.1) is 0 Å². The van der Waals surface area contributed by atoms with E-state index in [0.29, 0.717) is 0 Å². The molecule has 0 bridgehead atoms. The average molecular weight is 329 g/mol. The molecule has 0 atom stereocenters. The fourth-order valence-electron chi connectivity index (χ4n) is 2.49. The second-order valence-corrected chi connectivity index (χ2v) is 6.73. The highest BCUT2D eigenvalue weighted by molar-refractivity contribution is 5.84. The minimum Gasteiger partial charge on any atom is -0.444 e. The van der Waals surface area contributed by atoms with Crippen molar-refractivity contribution in [2.75, 3.05) is 5.32 Å². The summed E-state index contributed by atoms with van der Waals surface area (Å²) in [5.74, 6) is -2.67. The molecule has 1 fully saturated rings. The first kappa shape index (κ1) is 17.4. The smallest absolute Gasteiger partial charge is 0.412 e. The van der Waals surface area contributed by atoms with Crippen LogP contribution in [0.5, 0.6) is 0 Å². The van der Waals surface area contributed by atoms with Gasteiger partial charge in [-0.25, -0.2) is 18.6 Å². The van der Waals surface area contributed by atoms with Crippen LogP contribution in [0.15, 0.2) is 17.3 Å². The van der Waals surface area contributed by atoms with E-state index in [0.717, 1.165) is 0 Å². The van der Waals surface area contributed by atoms with Gasteiger partial charge in [-0.2, -0.15) is 0 Å². The van der Waals surface area contributed by atoms with Gasteiger partial charge in [0.05, 0.1) is 12.5 Å². The molecule has 0 radical (unpaired) electrons. The van der Waals surface area contributed by atoms with E-state index < -0.39 is 23.2 Å². The summed E-state index contributed by atoms with van der Waals surface area (Å²) in [4.78, 5) is 28.1. The second-order valence-electron chi connectivity index (χ2n) is 6.73. The largest absolute Gasteiger partial charge is 0.444 e. The number of nitrogens with one attached hydrogen (secondary N) is 1. The molecular formula is C15H21F2N3O3. The Hall–Kier alpha value is -1.99. The zero-order valence-electron chi connectivity index (χ0n) is 13.4. The van der Waals surface area contributed by atoms with Gasteiger partial charge in [-0.1, -0.05) is 0 Å². The van der Waals surface area contributed by atoms with Gasteiger partial charge < -0.3 is 4.74 Å². The van der Waals surface area contributed by atoms with Gasteiger partial charge in [0, 0.05) is 18.9 Å². The third-order valence-corrected chi connectivity index (χ3v) is 3.58. The number of carbonyl (C=O) groups excluding carboxylic acids is 1. The molecule has 1 saturated carbocycles. The van der Waals surface area contributed by atoms with E-state index in [1.165, 1.54) is 17.1 Å². The predicted octanol–water partition coefficient (Wildman–Crippen LogP) is 3.34. The van der Waals surface area contributed by atoms with Crippen molar-refractivity contribution in [1.29, 1.82) is 0 Å². The highest BCUT2D eigenvalue weighted by atomic mass is 19.3. The molecule has 1 aromatic rings. The number of aromatic nitrogens is 2. The summed E-state index contributed by atoms with van der Waals surface area (Å²) < 4.78 is 32.8. The monoisotopic (exact) mass is 329 g/mol. The number of hydrogen-bond acceptors (Lipinski definition) is 4. The summed E-state index contributed by atoms with van der Waals surface area (Å²) in [6, 6.07) is -0.338. The van der Waals surface area contributed by atoms with E-state index in [9.17, 15) is 18.4 Å². The highest BCUT2D eigenvalue weighted by Crippen LogP contribution is 2.37. The lowest BCUT2D eigenvalue weighted by Crippen LogP contribution is -2.34. The maximum absolute atomic E-state index is 13.2. The van der Waals surface area contributed by atoms with Gasteiger partial charge in [-0.3, -0.25) is 14.7 Å². The van der Waals surface area contributed by atoms with E-state index in [-0.39, 0.29) is 37.4 Å². The normalized spacial score (nSPS) is 18.5. The standard InChI is InChI=1S/C15H21F2N3O3/c1-14(2,3)23-13(22)19-11-8-18-9-20(12(11)21)10-4-6-15(16,17)7-5-10/h8-10H,4-7H2,1-3H3,(H,19,22). The molecule has 23 heavy (non-hydrogen) atoms. The number of halogens is 2. The fraction of sp³-hybridized carbons (Fsp3) is 0.667. The maximum Gasteiger partial charge on any atom is 0.412 e. The summed E-state index contributed by atoms with van der Waals surface area (Å²) in [6.07, 6.45) is 1.66. The summed E-state index contributed by atoms with van der Waals surface area (Å²) in [5.41, 5.74) is -1.19. The summed E-state index contributed by atoms with van der Waals surface area (Å²) in [7, 11) is 0. The summed E-state index contributed by atoms with van der Waals surface area (Å²) >= 11 is 0. The molecule has 1 aliphatic carbocycles. The van der Waals surface area contributed by atoms with E-state index >= 15 is 0 Å². The van der Waals surface area contributed by atoms with Crippen LogP contribution in [0.25, 0.3) is 0 Å². The molecule has 0 unspecified atom stereocenters. The topological polar surface area (TPSA) is 73.2 Å². The molecule has 2 rings (SSSR count). The summed E-state index contributed by atoms with van der Waals surface area (Å²) in [6.45, 7) is 5.11. The van der Waals surface area contributed by atoms with Crippen LogP contribution in [-0.2, 0) is 4.74 Å². The molecule has 1 amide bonds. The van der Waals surface area contributed by atoms with E-state index in [1.807, 2.05) is 0 Å². The highest BCUT2D eigenvalue weighted by Gasteiger charge is 2.36. The number of hydrogen-bond donors (Lipinski definition) is 1. The van der Waals surface area contributed by atoms with Gasteiger partial charge in [-0.05, 0) is 33.6 Å². The molecule has 1 aromatic heterocycles. The van der Waals surface area contributed by atoms with Gasteiger partial charge in [0.2, 0.25) is 5.92 Å². The molecule has 0 aromatic carbocycles. The van der Waals surface area contributed by atoms with Crippen molar-refractivity contribution in [3.63, 3.8) is 0 Å². The minimum atomic E-state index is -2.67. The number of carbonyl (C=O) groups is 1. The van der Waals surface area contributed by atoms with Crippen molar-refractivity contribution in [1.82, 2.24) is 9.55 Å². The lowest BCUT2D eigenvalue weighted by atomic mass is 9.92. The SMILES string of the molecule is CC(C)(C)OC(=O)Nc1cncn(C2CCC(F)(F)CC2)c1=O. The number of anilines is 1. The number of amides is 1. The van der Waals surface area contributed by atoms with E-state index in [1.54, 1.807) is 20.8 Å². The Bertz CT molecular complexity index is 628. The summed E-state index contributed by atoms with van der Waals surface area (Å²) in [5, 5.41) is 2.36. The lowest BCUT2D eigenvalue weighted by Gasteiger charge is -2.29. The first-order valence-corrected chi connectivity index (χ1v) is 7.51. The van der Waals surface area contributed by atoms with Crippen LogP contribution in [0.2, 0.25) is 0 Å². The Morgan fingerprint density at radius 3 is 2.57 bits per heavy atom. The van der Waals surface area contributed by atoms with Crippen molar-refractivity contribution in [2.24, 2.45) is 0 Å². The number of ether oxygens (including phenoxy) is 1. The first-order valence-electron chi connectivity index (χ1n) is 7.51. The molecule has 1 aliphatic rings. The van der Waals surface area contributed by atoms with Crippen molar-refractivity contribution in [3.05, 3.63) is 22.9 Å². The third-order valence-electron chi connectivity index (χ3n) is 3.58. The zero-order chi connectivity index (χ0) is 17.3. The minimum absolute atomic E-state index is 0.0286. The van der Waals surface area contributed by atoms with Crippen molar-refractivity contribution in [2.45, 2.75) is 64.0 Å². The Morgan fingerprint density at radius 1 is 1.39 bits per heavy atom. The van der Waals surface area contributed by atoms with E-state index in [2.05, 4.69) is 10.3 Å².